The van der Waals surface area contributed by atoms with E-state index in [1.54, 1.807) is 0 Å². The van der Waals surface area contributed by atoms with Crippen LogP contribution in [-0.4, -0.2) is 35.2 Å². The summed E-state index contributed by atoms with van der Waals surface area (Å²) in [7, 11) is 0. The average Bonchev–Trinajstić information content (AvgIpc) is 2.58. The third kappa shape index (κ3) is 34.7. The van der Waals surface area contributed by atoms with E-state index in [4.69, 9.17) is 11.6 Å². The lowest BCUT2D eigenvalue weighted by molar-refractivity contribution is -0.221. The Morgan fingerprint density at radius 3 is 1.10 bits per heavy atom. The van der Waals surface area contributed by atoms with E-state index in [-0.39, 0.29) is 51.5 Å². The second-order valence-electron chi connectivity index (χ2n) is 5.71. The van der Waals surface area contributed by atoms with Gasteiger partial charge in [-0.15, -0.1) is 11.6 Å². The molecule has 0 aromatic rings. The van der Waals surface area contributed by atoms with Crippen LogP contribution in [0.4, 0.5) is 70.2 Å². The first kappa shape index (κ1) is 66.8. The molecule has 40 heavy (non-hydrogen) atoms. The molecule has 0 N–H and O–H groups in total. The van der Waals surface area contributed by atoms with Gasteiger partial charge in [0.15, 0.2) is 17.4 Å². The highest BCUT2D eigenvalue weighted by atomic mass is 35.5. The summed E-state index contributed by atoms with van der Waals surface area (Å²) >= 11 is 9.19. The van der Waals surface area contributed by atoms with Crippen molar-refractivity contribution < 1.29 is 70.2 Å². The highest BCUT2D eigenvalue weighted by molar-refractivity contribution is 6.30. The maximum atomic E-state index is 13.2. The SMILES string of the molecule is C.C.C.C.C.C.C=C(Cl)C(F)(F)F.C=C(F)F.CCC(F)(F)CC(Cl)(C(F)C(C)(F)F)C(F)(F)F.FC=C(F)F. The summed E-state index contributed by atoms with van der Waals surface area (Å²) < 4.78 is 186. The molecule has 0 nitrogen and oxygen atoms in total. The van der Waals surface area contributed by atoms with Crippen molar-refractivity contribution in [2.75, 3.05) is 0 Å². The minimum Gasteiger partial charge on any atom is -0.239 e. The van der Waals surface area contributed by atoms with Gasteiger partial charge < -0.3 is 0 Å². The smallest absolute Gasteiger partial charge is 0.239 e. The predicted octanol–water partition coefficient (Wildman–Crippen LogP) is 14.2. The van der Waals surface area contributed by atoms with Crippen molar-refractivity contribution in [1.82, 2.24) is 0 Å². The molecule has 0 bridgehead atoms. The Bertz CT molecular complexity index is 630. The third-order valence-corrected chi connectivity index (χ3v) is 3.50. The van der Waals surface area contributed by atoms with Gasteiger partial charge in [-0.3, -0.25) is 0 Å². The van der Waals surface area contributed by atoms with Crippen LogP contribution in [-0.2, 0) is 0 Å². The first-order valence-corrected chi connectivity index (χ1v) is 8.56. The van der Waals surface area contributed by atoms with Gasteiger partial charge in [0.25, 0.3) is 18.1 Å². The summed E-state index contributed by atoms with van der Waals surface area (Å²) in [4.78, 5) is -4.33. The summed E-state index contributed by atoms with van der Waals surface area (Å²) in [6, 6.07) is 0. The largest absolute Gasteiger partial charge is 0.426 e. The minimum absolute atomic E-state index is 0. The maximum Gasteiger partial charge on any atom is 0.426 e. The van der Waals surface area contributed by atoms with Crippen LogP contribution in [0.2, 0.25) is 0 Å². The van der Waals surface area contributed by atoms with Crippen molar-refractivity contribution in [3.8, 4) is 0 Å². The topological polar surface area (TPSA) is 0 Å². The fraction of sp³-hybridized carbons (Fsp3) is 0.727. The highest BCUT2D eigenvalue weighted by Gasteiger charge is 2.67. The lowest BCUT2D eigenvalue weighted by Crippen LogP contribution is -2.56. The monoisotopic (exact) mass is 678 g/mol. The van der Waals surface area contributed by atoms with Gasteiger partial charge in [-0.2, -0.15) is 43.9 Å². The summed E-state index contributed by atoms with van der Waals surface area (Å²) in [5, 5.41) is -1.28. The number of hydrogen-bond acceptors (Lipinski definition) is 0. The molecular weight excluding hydrogens is 639 g/mol. The van der Waals surface area contributed by atoms with E-state index < -0.39 is 71.6 Å². The van der Waals surface area contributed by atoms with Crippen molar-refractivity contribution in [1.29, 1.82) is 0 Å². The Kier molecular flexibility index (Phi) is 44.4. The molecular formula is C22H40Cl2F16. The molecule has 0 heterocycles. The average molecular weight is 679 g/mol. The maximum absolute atomic E-state index is 13.2. The zero-order valence-electron chi connectivity index (χ0n) is 16.8. The number of allylic oxidation sites excluding steroid dienone is 1. The molecule has 254 valence electrons. The van der Waals surface area contributed by atoms with E-state index in [1.807, 2.05) is 0 Å². The molecule has 2 atom stereocenters. The second kappa shape index (κ2) is 26.6. The highest BCUT2D eigenvalue weighted by Crippen LogP contribution is 2.50. The third-order valence-electron chi connectivity index (χ3n) is 2.74. The molecule has 0 amide bonds. The van der Waals surface area contributed by atoms with Crippen LogP contribution in [0.1, 0.15) is 71.2 Å². The lowest BCUT2D eigenvalue weighted by Gasteiger charge is -2.37. The second-order valence-corrected chi connectivity index (χ2v) is 6.84. The van der Waals surface area contributed by atoms with Crippen molar-refractivity contribution in [2.45, 2.75) is 106 Å². The van der Waals surface area contributed by atoms with Crippen LogP contribution in [0.15, 0.2) is 36.7 Å². The van der Waals surface area contributed by atoms with E-state index in [9.17, 15) is 70.2 Å². The zero-order chi connectivity index (χ0) is 28.9. The molecule has 0 aromatic carbocycles. The van der Waals surface area contributed by atoms with Gasteiger partial charge in [0, 0.05) is 19.8 Å². The summed E-state index contributed by atoms with van der Waals surface area (Å²) in [6.07, 6.45) is -22.3. The summed E-state index contributed by atoms with van der Waals surface area (Å²) in [5.41, 5.74) is 0. The molecule has 0 aliphatic carbocycles. The van der Waals surface area contributed by atoms with E-state index >= 15 is 0 Å². The van der Waals surface area contributed by atoms with Gasteiger partial charge in [0.05, 0.1) is 0 Å². The van der Waals surface area contributed by atoms with Gasteiger partial charge in [0.1, 0.15) is 5.03 Å². The van der Waals surface area contributed by atoms with Crippen molar-refractivity contribution in [2.24, 2.45) is 0 Å². The van der Waals surface area contributed by atoms with E-state index in [2.05, 4.69) is 24.8 Å². The Labute approximate surface area is 237 Å². The first-order chi connectivity index (χ1) is 14.6. The molecule has 0 aliphatic heterocycles. The predicted molar refractivity (Wildman–Crippen MR) is 134 cm³/mol. The molecule has 0 fully saturated rings. The van der Waals surface area contributed by atoms with Crippen LogP contribution in [0.5, 0.6) is 0 Å². The lowest BCUT2D eigenvalue weighted by atomic mass is 9.90. The van der Waals surface area contributed by atoms with Crippen LogP contribution in [0.3, 0.4) is 0 Å². The quantitative estimate of drug-likeness (QED) is 0.200. The normalized spacial score (nSPS) is 12.3. The number of hydrogen-bond donors (Lipinski definition) is 0. The van der Waals surface area contributed by atoms with Crippen molar-refractivity contribution in [3.63, 3.8) is 0 Å². The van der Waals surface area contributed by atoms with Gasteiger partial charge in [0.2, 0.25) is 5.92 Å². The van der Waals surface area contributed by atoms with E-state index in [0.717, 1.165) is 6.92 Å². The zero-order valence-corrected chi connectivity index (χ0v) is 18.3. The minimum atomic E-state index is -5.73. The Morgan fingerprint density at radius 1 is 0.775 bits per heavy atom. The Hall–Kier alpha value is -1.32. The van der Waals surface area contributed by atoms with Gasteiger partial charge in [-0.25, -0.2) is 26.3 Å². The summed E-state index contributed by atoms with van der Waals surface area (Å²) in [6.45, 7) is 5.38. The molecule has 0 aliphatic rings. The van der Waals surface area contributed by atoms with Crippen molar-refractivity contribution >= 4 is 23.2 Å². The molecule has 18 heteroatoms. The molecule has 0 saturated heterocycles. The first-order valence-electron chi connectivity index (χ1n) is 7.80. The van der Waals surface area contributed by atoms with Crippen LogP contribution < -0.4 is 0 Å². The molecule has 2 unspecified atom stereocenters. The fourth-order valence-corrected chi connectivity index (χ4v) is 1.62. The van der Waals surface area contributed by atoms with Crippen molar-refractivity contribution in [3.05, 3.63) is 36.7 Å². The molecule has 0 aromatic heterocycles. The Balaban J connectivity index is -0.0000000432. The Morgan fingerprint density at radius 2 is 1.00 bits per heavy atom. The molecule has 0 radical (unpaired) electrons. The number of halogens is 18. The number of alkyl halides is 12. The van der Waals surface area contributed by atoms with Gasteiger partial charge in [-0.1, -0.05) is 69.7 Å². The molecule has 0 spiro atoms. The van der Waals surface area contributed by atoms with Gasteiger partial charge >= 0.3 is 12.4 Å². The van der Waals surface area contributed by atoms with E-state index in [1.165, 1.54) is 0 Å². The van der Waals surface area contributed by atoms with Crippen LogP contribution >= 0.6 is 23.2 Å². The van der Waals surface area contributed by atoms with Crippen LogP contribution in [0, 0.1) is 0 Å². The van der Waals surface area contributed by atoms with Gasteiger partial charge in [-0.05, 0) is 6.58 Å². The molecule has 0 rings (SSSR count). The molecule has 0 saturated carbocycles. The van der Waals surface area contributed by atoms with Crippen LogP contribution in [0.25, 0.3) is 0 Å². The standard InChI is InChI=1S/C9H11ClF8.C3H2ClF3.C2HF3.C2H2F2.6CH4/c1-3-7(14,15)4-8(10,9(16,17)18)5(11)6(2,12)13;1-2(4)3(5,6)7;3-1-2(4)5;1-2(3)4;;;;;;/h5H,3-4H2,1-2H3;1H2;1H;1H2;6*1H4. The summed E-state index contributed by atoms with van der Waals surface area (Å²) in [5.74, 6) is -8.48. The number of rotatable bonds is 5. The van der Waals surface area contributed by atoms with E-state index in [0.29, 0.717) is 0 Å². The fourth-order valence-electron chi connectivity index (χ4n) is 1.24.